The molecule has 0 spiro atoms. The molecule has 3 N–H and O–H groups in total. The zero-order valence-corrected chi connectivity index (χ0v) is 14.0. The van der Waals surface area contributed by atoms with Crippen LogP contribution in [0.5, 0.6) is 0 Å². The van der Waals surface area contributed by atoms with Crippen LogP contribution in [0.1, 0.15) is 15.9 Å². The van der Waals surface area contributed by atoms with Crippen molar-refractivity contribution >= 4 is 29.0 Å². The number of aromatic nitrogens is 2. The molecule has 0 fully saturated rings. The number of carboxylic acids is 1. The van der Waals surface area contributed by atoms with Crippen molar-refractivity contribution in [3.8, 4) is 0 Å². The highest BCUT2D eigenvalue weighted by Crippen LogP contribution is 2.31. The van der Waals surface area contributed by atoms with Crippen molar-refractivity contribution in [2.45, 2.75) is 6.54 Å². The van der Waals surface area contributed by atoms with Crippen LogP contribution >= 0.6 is 0 Å². The molecule has 0 radical (unpaired) electrons. The Morgan fingerprint density at radius 1 is 1.04 bits per heavy atom. The molecule has 0 bridgehead atoms. The van der Waals surface area contributed by atoms with Gasteiger partial charge in [-0.3, -0.25) is 10.1 Å². The Hall–Kier alpha value is -4.01. The zero-order valence-electron chi connectivity index (χ0n) is 14.0. The first-order valence-corrected chi connectivity index (χ1v) is 7.92. The molecular formula is C18H15N5O4. The molecule has 0 aliphatic carbocycles. The van der Waals surface area contributed by atoms with E-state index in [2.05, 4.69) is 20.6 Å². The highest BCUT2D eigenvalue weighted by Gasteiger charge is 2.23. The summed E-state index contributed by atoms with van der Waals surface area (Å²) in [5.74, 6) is -0.959. The molecular weight excluding hydrogens is 350 g/mol. The fourth-order valence-electron chi connectivity index (χ4n) is 2.39. The molecule has 1 heterocycles. The van der Waals surface area contributed by atoms with Gasteiger partial charge in [0.1, 0.15) is 6.33 Å². The predicted molar refractivity (Wildman–Crippen MR) is 99.1 cm³/mol. The topological polar surface area (TPSA) is 130 Å². The van der Waals surface area contributed by atoms with E-state index < -0.39 is 10.9 Å². The van der Waals surface area contributed by atoms with Gasteiger partial charge in [-0.1, -0.05) is 30.3 Å². The van der Waals surface area contributed by atoms with E-state index in [-0.39, 0.29) is 22.9 Å². The summed E-state index contributed by atoms with van der Waals surface area (Å²) < 4.78 is 0. The third-order valence-corrected chi connectivity index (χ3v) is 3.70. The number of carboxylic acid groups (broad SMARTS) is 1. The summed E-state index contributed by atoms with van der Waals surface area (Å²) in [6.07, 6.45) is 1.22. The molecule has 0 aliphatic heterocycles. The van der Waals surface area contributed by atoms with Crippen LogP contribution in [0.4, 0.5) is 23.0 Å². The van der Waals surface area contributed by atoms with Gasteiger partial charge in [0, 0.05) is 12.2 Å². The minimum Gasteiger partial charge on any atom is -0.478 e. The number of nitro groups is 1. The molecule has 3 aromatic rings. The summed E-state index contributed by atoms with van der Waals surface area (Å²) in [6.45, 7) is 0.367. The Kier molecular flexibility index (Phi) is 5.22. The van der Waals surface area contributed by atoms with Gasteiger partial charge in [-0.2, -0.15) is 0 Å². The third kappa shape index (κ3) is 4.34. The van der Waals surface area contributed by atoms with Crippen LogP contribution in [0.3, 0.4) is 0 Å². The first-order chi connectivity index (χ1) is 13.0. The maximum absolute atomic E-state index is 11.6. The van der Waals surface area contributed by atoms with Gasteiger partial charge in [-0.05, 0) is 29.8 Å². The number of rotatable bonds is 7. The summed E-state index contributed by atoms with van der Waals surface area (Å²) in [5.41, 5.74) is 1.23. The van der Waals surface area contributed by atoms with E-state index in [1.54, 1.807) is 0 Å². The van der Waals surface area contributed by atoms with Gasteiger partial charge in [0.05, 0.1) is 10.5 Å². The van der Waals surface area contributed by atoms with E-state index in [0.29, 0.717) is 12.2 Å². The van der Waals surface area contributed by atoms with Crippen LogP contribution in [0.2, 0.25) is 0 Å². The van der Waals surface area contributed by atoms with E-state index >= 15 is 0 Å². The van der Waals surface area contributed by atoms with Crippen molar-refractivity contribution in [3.63, 3.8) is 0 Å². The molecule has 0 saturated heterocycles. The largest absolute Gasteiger partial charge is 0.478 e. The highest BCUT2D eigenvalue weighted by molar-refractivity contribution is 5.88. The maximum atomic E-state index is 11.6. The summed E-state index contributed by atoms with van der Waals surface area (Å²) in [7, 11) is 0. The van der Waals surface area contributed by atoms with Gasteiger partial charge in [-0.25, -0.2) is 14.8 Å². The number of hydrogen-bond acceptors (Lipinski definition) is 7. The molecule has 136 valence electrons. The molecule has 0 atom stereocenters. The van der Waals surface area contributed by atoms with Crippen LogP contribution in [-0.4, -0.2) is 26.0 Å². The number of hydrogen-bond donors (Lipinski definition) is 3. The lowest BCUT2D eigenvalue weighted by molar-refractivity contribution is -0.383. The summed E-state index contributed by atoms with van der Waals surface area (Å²) in [6, 6.07) is 15.2. The zero-order chi connectivity index (χ0) is 19.2. The van der Waals surface area contributed by atoms with Crippen LogP contribution in [0.25, 0.3) is 0 Å². The number of benzene rings is 2. The summed E-state index contributed by atoms with van der Waals surface area (Å²) in [4.78, 5) is 29.8. The second-order valence-corrected chi connectivity index (χ2v) is 5.52. The molecule has 9 heteroatoms. The van der Waals surface area contributed by atoms with Crippen LogP contribution < -0.4 is 10.6 Å². The summed E-state index contributed by atoms with van der Waals surface area (Å²) >= 11 is 0. The van der Waals surface area contributed by atoms with Gasteiger partial charge in [0.15, 0.2) is 0 Å². The van der Waals surface area contributed by atoms with Crippen molar-refractivity contribution in [2.24, 2.45) is 0 Å². The number of carbonyl (C=O) groups is 1. The Bertz CT molecular complexity index is 961. The highest BCUT2D eigenvalue weighted by atomic mass is 16.6. The Balaban J connectivity index is 1.84. The van der Waals surface area contributed by atoms with Crippen LogP contribution in [0.15, 0.2) is 60.9 Å². The van der Waals surface area contributed by atoms with Gasteiger partial charge in [0.2, 0.25) is 11.6 Å². The van der Waals surface area contributed by atoms with Gasteiger partial charge in [-0.15, -0.1) is 0 Å². The molecule has 0 saturated carbocycles. The average Bonchev–Trinajstić information content (AvgIpc) is 2.67. The fourth-order valence-corrected chi connectivity index (χ4v) is 2.39. The van der Waals surface area contributed by atoms with Gasteiger partial charge in [0.25, 0.3) is 0 Å². The number of anilines is 3. The molecule has 3 rings (SSSR count). The summed E-state index contributed by atoms with van der Waals surface area (Å²) in [5, 5.41) is 26.3. The SMILES string of the molecule is O=C(O)c1ccc(Nc2ncnc(NCc3ccccc3)c2[N+](=O)[O-])cc1. The first kappa shape index (κ1) is 17.8. The van der Waals surface area contributed by atoms with E-state index in [9.17, 15) is 14.9 Å². The maximum Gasteiger partial charge on any atom is 0.353 e. The molecule has 0 aliphatic rings. The van der Waals surface area contributed by atoms with Crippen LogP contribution in [-0.2, 0) is 6.54 Å². The van der Waals surface area contributed by atoms with Crippen molar-refractivity contribution in [1.29, 1.82) is 0 Å². The second-order valence-electron chi connectivity index (χ2n) is 5.52. The minimum absolute atomic E-state index is 0.00800. The predicted octanol–water partition coefficient (Wildman–Crippen LogP) is 3.44. The molecule has 1 aromatic heterocycles. The average molecular weight is 365 g/mol. The van der Waals surface area contributed by atoms with Crippen molar-refractivity contribution < 1.29 is 14.8 Å². The van der Waals surface area contributed by atoms with Gasteiger partial charge < -0.3 is 15.7 Å². The van der Waals surface area contributed by atoms with E-state index in [1.807, 2.05) is 30.3 Å². The monoisotopic (exact) mass is 365 g/mol. The van der Waals surface area contributed by atoms with E-state index in [4.69, 9.17) is 5.11 Å². The minimum atomic E-state index is -1.05. The Morgan fingerprint density at radius 2 is 1.70 bits per heavy atom. The lowest BCUT2D eigenvalue weighted by atomic mass is 10.2. The molecule has 0 amide bonds. The normalized spacial score (nSPS) is 10.2. The standard InChI is InChI=1S/C18H15N5O4/c24-18(25)13-6-8-14(9-7-13)22-17-15(23(26)27)16(20-11-21-17)19-10-12-4-2-1-3-5-12/h1-9,11H,10H2,(H,24,25)(H2,19,20,21,22). The lowest BCUT2D eigenvalue weighted by Crippen LogP contribution is -2.08. The van der Waals surface area contributed by atoms with Crippen molar-refractivity contribution in [1.82, 2.24) is 9.97 Å². The third-order valence-electron chi connectivity index (χ3n) is 3.70. The van der Waals surface area contributed by atoms with Crippen molar-refractivity contribution in [3.05, 3.63) is 82.2 Å². The first-order valence-electron chi connectivity index (χ1n) is 7.92. The quantitative estimate of drug-likeness (QED) is 0.429. The Labute approximate surface area is 153 Å². The number of nitrogens with one attached hydrogen (secondary N) is 2. The van der Waals surface area contributed by atoms with E-state index in [0.717, 1.165) is 5.56 Å². The van der Waals surface area contributed by atoms with Gasteiger partial charge >= 0.3 is 11.7 Å². The number of aromatic carboxylic acids is 1. The Morgan fingerprint density at radius 3 is 2.33 bits per heavy atom. The van der Waals surface area contributed by atoms with Crippen LogP contribution in [0, 0.1) is 10.1 Å². The lowest BCUT2D eigenvalue weighted by Gasteiger charge is -2.10. The second kappa shape index (κ2) is 7.91. The van der Waals surface area contributed by atoms with Crippen molar-refractivity contribution in [2.75, 3.05) is 10.6 Å². The molecule has 27 heavy (non-hydrogen) atoms. The van der Waals surface area contributed by atoms with E-state index in [1.165, 1.54) is 30.6 Å². The smallest absolute Gasteiger partial charge is 0.353 e. The fraction of sp³-hybridized carbons (Fsp3) is 0.0556. The number of nitrogens with zero attached hydrogens (tertiary/aromatic N) is 3. The molecule has 0 unspecified atom stereocenters. The molecule has 2 aromatic carbocycles. The molecule has 9 nitrogen and oxygen atoms in total.